The lowest BCUT2D eigenvalue weighted by molar-refractivity contribution is 0.0930. The van der Waals surface area contributed by atoms with Crippen LogP contribution in [0, 0.1) is 6.92 Å². The van der Waals surface area contributed by atoms with Gasteiger partial charge in [0.1, 0.15) is 11.5 Å². The molecule has 1 aliphatic carbocycles. The highest BCUT2D eigenvalue weighted by Gasteiger charge is 2.33. The Bertz CT molecular complexity index is 890. The summed E-state index contributed by atoms with van der Waals surface area (Å²) in [5.41, 5.74) is 2.88. The van der Waals surface area contributed by atoms with E-state index in [4.69, 9.17) is 14.1 Å². The third kappa shape index (κ3) is 3.51. The van der Waals surface area contributed by atoms with E-state index in [0.29, 0.717) is 18.1 Å². The summed E-state index contributed by atoms with van der Waals surface area (Å²) in [6, 6.07) is 1.96. The number of aryl methyl sites for hydroxylation is 1. The first-order chi connectivity index (χ1) is 13.7. The number of nitrogens with one attached hydrogen (secondary N) is 1. The number of hydrogen-bond acceptors (Lipinski definition) is 6. The number of piperidine rings is 1. The largest absolute Gasteiger partial charge is 0.465 e. The minimum atomic E-state index is -0.0193. The molecule has 1 atom stereocenters. The van der Waals surface area contributed by atoms with Gasteiger partial charge in [0.2, 0.25) is 5.95 Å². The monoisotopic (exact) mass is 382 g/mol. The Kier molecular flexibility index (Phi) is 4.55. The van der Waals surface area contributed by atoms with Crippen molar-refractivity contribution in [2.45, 2.75) is 57.6 Å². The Morgan fingerprint density at radius 1 is 1.32 bits per heavy atom. The predicted octanol–water partition coefficient (Wildman–Crippen LogP) is 2.73. The van der Waals surface area contributed by atoms with Crippen LogP contribution in [0.15, 0.2) is 16.7 Å². The number of ether oxygens (including phenoxy) is 1. The maximum Gasteiger partial charge on any atom is 0.255 e. The molecule has 2 aromatic heterocycles. The van der Waals surface area contributed by atoms with Gasteiger partial charge in [-0.15, -0.1) is 0 Å². The molecule has 1 saturated heterocycles. The van der Waals surface area contributed by atoms with E-state index >= 15 is 0 Å². The van der Waals surface area contributed by atoms with Gasteiger partial charge in [-0.05, 0) is 38.7 Å². The number of anilines is 1. The number of furan rings is 1. The van der Waals surface area contributed by atoms with E-state index in [2.05, 4.69) is 15.2 Å². The minimum Gasteiger partial charge on any atom is -0.465 e. The van der Waals surface area contributed by atoms with Crippen molar-refractivity contribution in [3.8, 4) is 0 Å². The smallest absolute Gasteiger partial charge is 0.255 e. The molecule has 28 heavy (non-hydrogen) atoms. The lowest BCUT2D eigenvalue weighted by atomic mass is 10.0. The van der Waals surface area contributed by atoms with E-state index in [-0.39, 0.29) is 11.9 Å². The fourth-order valence-corrected chi connectivity index (χ4v) is 4.17. The molecule has 0 bridgehead atoms. The lowest BCUT2D eigenvalue weighted by Gasteiger charge is -2.33. The van der Waals surface area contributed by atoms with Gasteiger partial charge >= 0.3 is 0 Å². The SMILES string of the molecule is Cc1cc(C(=O)NC2CCCN(c3ncc4c(n3)CCOC4)C2)c(C2CC2)o1. The maximum absolute atomic E-state index is 12.9. The lowest BCUT2D eigenvalue weighted by Crippen LogP contribution is -2.48. The van der Waals surface area contributed by atoms with Gasteiger partial charge in [-0.3, -0.25) is 4.79 Å². The second-order valence-electron chi connectivity index (χ2n) is 8.11. The number of carbonyl (C=O) groups excluding carboxylic acids is 1. The molecule has 1 saturated carbocycles. The van der Waals surface area contributed by atoms with Crippen LogP contribution in [0.5, 0.6) is 0 Å². The van der Waals surface area contributed by atoms with Gasteiger partial charge in [0.05, 0.1) is 24.5 Å². The van der Waals surface area contributed by atoms with E-state index in [9.17, 15) is 4.79 Å². The summed E-state index contributed by atoms with van der Waals surface area (Å²) in [5.74, 6) is 2.84. The first kappa shape index (κ1) is 17.7. The number of fused-ring (bicyclic) bond motifs is 1. The van der Waals surface area contributed by atoms with Crippen LogP contribution in [0.2, 0.25) is 0 Å². The Labute approximate surface area is 164 Å². The van der Waals surface area contributed by atoms with Gasteiger partial charge < -0.3 is 19.4 Å². The van der Waals surface area contributed by atoms with Crippen LogP contribution < -0.4 is 10.2 Å². The zero-order valence-electron chi connectivity index (χ0n) is 16.2. The Morgan fingerprint density at radius 3 is 3.07 bits per heavy atom. The third-order valence-electron chi connectivity index (χ3n) is 5.80. The van der Waals surface area contributed by atoms with Crippen molar-refractivity contribution in [3.63, 3.8) is 0 Å². The van der Waals surface area contributed by atoms with Crippen molar-refractivity contribution in [2.24, 2.45) is 0 Å². The Morgan fingerprint density at radius 2 is 2.21 bits per heavy atom. The fourth-order valence-electron chi connectivity index (χ4n) is 4.17. The number of carbonyl (C=O) groups is 1. The number of aromatic nitrogens is 2. The Hall–Kier alpha value is -2.41. The molecule has 1 unspecified atom stereocenters. The first-order valence-electron chi connectivity index (χ1n) is 10.3. The van der Waals surface area contributed by atoms with Crippen LogP contribution in [-0.2, 0) is 17.8 Å². The van der Waals surface area contributed by atoms with E-state index < -0.39 is 0 Å². The quantitative estimate of drug-likeness (QED) is 0.876. The molecule has 5 rings (SSSR count). The standard InChI is InChI=1S/C21H26N4O3/c1-13-9-17(19(28-13)14-4-5-14)20(26)23-16-3-2-7-25(11-16)21-22-10-15-12-27-8-6-18(15)24-21/h9-10,14,16H,2-8,11-12H2,1H3,(H,23,26). The van der Waals surface area contributed by atoms with Gasteiger partial charge in [-0.2, -0.15) is 0 Å². The first-order valence-corrected chi connectivity index (χ1v) is 10.3. The molecule has 7 heteroatoms. The molecule has 1 amide bonds. The van der Waals surface area contributed by atoms with Gasteiger partial charge in [0.25, 0.3) is 5.91 Å². The summed E-state index contributed by atoms with van der Waals surface area (Å²) in [6.07, 6.45) is 6.93. The average Bonchev–Trinajstić information content (AvgIpc) is 3.49. The van der Waals surface area contributed by atoms with Crippen molar-refractivity contribution in [1.29, 1.82) is 0 Å². The Balaban J connectivity index is 1.28. The molecule has 1 N–H and O–H groups in total. The highest BCUT2D eigenvalue weighted by molar-refractivity contribution is 5.95. The van der Waals surface area contributed by atoms with Crippen molar-refractivity contribution >= 4 is 11.9 Å². The van der Waals surface area contributed by atoms with E-state index in [0.717, 1.165) is 80.5 Å². The fraction of sp³-hybridized carbons (Fsp3) is 0.571. The number of nitrogens with zero attached hydrogens (tertiary/aromatic N) is 3. The van der Waals surface area contributed by atoms with Crippen LogP contribution in [-0.4, -0.2) is 41.6 Å². The molecular formula is C21H26N4O3. The van der Waals surface area contributed by atoms with Crippen molar-refractivity contribution in [2.75, 3.05) is 24.6 Å². The molecule has 2 aliphatic heterocycles. The molecule has 0 spiro atoms. The zero-order chi connectivity index (χ0) is 19.1. The number of hydrogen-bond donors (Lipinski definition) is 1. The molecule has 3 aliphatic rings. The predicted molar refractivity (Wildman–Crippen MR) is 104 cm³/mol. The van der Waals surface area contributed by atoms with Gasteiger partial charge in [-0.25, -0.2) is 9.97 Å². The molecule has 7 nitrogen and oxygen atoms in total. The number of amides is 1. The summed E-state index contributed by atoms with van der Waals surface area (Å²) in [6.45, 7) is 4.87. The van der Waals surface area contributed by atoms with Crippen LogP contribution >= 0.6 is 0 Å². The third-order valence-corrected chi connectivity index (χ3v) is 5.80. The van der Waals surface area contributed by atoms with Crippen LogP contribution in [0.25, 0.3) is 0 Å². The van der Waals surface area contributed by atoms with E-state index in [1.165, 1.54) is 0 Å². The normalized spacial score (nSPS) is 22.0. The molecule has 0 radical (unpaired) electrons. The number of rotatable bonds is 4. The second kappa shape index (κ2) is 7.20. The molecule has 2 fully saturated rings. The second-order valence-corrected chi connectivity index (χ2v) is 8.11. The summed E-state index contributed by atoms with van der Waals surface area (Å²) in [7, 11) is 0. The molecule has 2 aromatic rings. The molecule has 0 aromatic carbocycles. The molecule has 4 heterocycles. The van der Waals surface area contributed by atoms with Crippen molar-refractivity contribution in [1.82, 2.24) is 15.3 Å². The summed E-state index contributed by atoms with van der Waals surface area (Å²) >= 11 is 0. The van der Waals surface area contributed by atoms with Crippen molar-refractivity contribution < 1.29 is 13.9 Å². The van der Waals surface area contributed by atoms with Gasteiger partial charge in [-0.1, -0.05) is 0 Å². The van der Waals surface area contributed by atoms with E-state index in [1.807, 2.05) is 19.2 Å². The topological polar surface area (TPSA) is 80.5 Å². The molecule has 148 valence electrons. The van der Waals surface area contributed by atoms with Crippen LogP contribution in [0.1, 0.15) is 64.7 Å². The summed E-state index contributed by atoms with van der Waals surface area (Å²) in [4.78, 5) is 24.4. The van der Waals surface area contributed by atoms with E-state index in [1.54, 1.807) is 0 Å². The average molecular weight is 382 g/mol. The summed E-state index contributed by atoms with van der Waals surface area (Å²) in [5, 5.41) is 3.22. The highest BCUT2D eigenvalue weighted by atomic mass is 16.5. The van der Waals surface area contributed by atoms with Crippen LogP contribution in [0.4, 0.5) is 5.95 Å². The maximum atomic E-state index is 12.9. The van der Waals surface area contributed by atoms with Crippen LogP contribution in [0.3, 0.4) is 0 Å². The summed E-state index contributed by atoms with van der Waals surface area (Å²) < 4.78 is 11.3. The minimum absolute atomic E-state index is 0.0193. The van der Waals surface area contributed by atoms with Gasteiger partial charge in [0, 0.05) is 43.2 Å². The van der Waals surface area contributed by atoms with Crippen molar-refractivity contribution in [3.05, 3.63) is 40.6 Å². The highest BCUT2D eigenvalue weighted by Crippen LogP contribution is 2.42. The van der Waals surface area contributed by atoms with Gasteiger partial charge in [0.15, 0.2) is 0 Å². The molecular weight excluding hydrogens is 356 g/mol. The zero-order valence-corrected chi connectivity index (χ0v) is 16.2.